The largest absolute Gasteiger partial charge is 0.339 e. The van der Waals surface area contributed by atoms with Gasteiger partial charge in [0.2, 0.25) is 5.91 Å². The molecule has 1 aromatic heterocycles. The van der Waals surface area contributed by atoms with Crippen LogP contribution in [0.5, 0.6) is 0 Å². The summed E-state index contributed by atoms with van der Waals surface area (Å²) in [5, 5.41) is 0. The van der Waals surface area contributed by atoms with Gasteiger partial charge >= 0.3 is 0 Å². The van der Waals surface area contributed by atoms with Crippen LogP contribution >= 0.6 is 0 Å². The Morgan fingerprint density at radius 3 is 2.44 bits per heavy atom. The molecule has 0 N–H and O–H groups in total. The highest BCUT2D eigenvalue weighted by Crippen LogP contribution is 2.24. The lowest BCUT2D eigenvalue weighted by atomic mass is 9.93. The Labute approximate surface area is 164 Å². The Hall–Kier alpha value is -1.72. The lowest BCUT2D eigenvalue weighted by molar-refractivity contribution is -0.126. The first-order valence-electron chi connectivity index (χ1n) is 10.4. The van der Waals surface area contributed by atoms with Gasteiger partial charge in [-0.25, -0.2) is 0 Å². The van der Waals surface area contributed by atoms with E-state index in [2.05, 4.69) is 28.8 Å². The molecule has 3 heterocycles. The molecule has 3 rings (SSSR count). The fourth-order valence-corrected chi connectivity index (χ4v) is 4.29. The molecule has 0 atom stereocenters. The molecule has 27 heavy (non-hydrogen) atoms. The minimum atomic E-state index is 0.118. The summed E-state index contributed by atoms with van der Waals surface area (Å²) in [5.74, 6) is 0.748. The number of nitrogens with zero attached hydrogens (tertiary/aromatic N) is 4. The molecule has 0 bridgehead atoms. The quantitative estimate of drug-likeness (QED) is 0.722. The maximum Gasteiger partial charge on any atom is 0.246 e. The van der Waals surface area contributed by atoms with Crippen LogP contribution in [-0.4, -0.2) is 77.9 Å². The lowest BCUT2D eigenvalue weighted by Gasteiger charge is -2.41. The number of hydrogen-bond acceptors (Lipinski definition) is 4. The van der Waals surface area contributed by atoms with E-state index in [0.29, 0.717) is 5.92 Å². The van der Waals surface area contributed by atoms with Crippen molar-refractivity contribution in [2.24, 2.45) is 5.92 Å². The summed E-state index contributed by atoms with van der Waals surface area (Å²) < 4.78 is 0. The molecule has 2 aliphatic rings. The van der Waals surface area contributed by atoms with Gasteiger partial charge in [0.15, 0.2) is 0 Å². The molecule has 0 aromatic carbocycles. The summed E-state index contributed by atoms with van der Waals surface area (Å²) in [4.78, 5) is 23.7. The predicted octanol–water partition coefficient (Wildman–Crippen LogP) is 2.75. The average Bonchev–Trinajstić information content (AvgIpc) is 2.72. The van der Waals surface area contributed by atoms with Crippen LogP contribution in [0.15, 0.2) is 30.6 Å². The van der Waals surface area contributed by atoms with Gasteiger partial charge in [-0.05, 0) is 95.5 Å². The Morgan fingerprint density at radius 2 is 1.81 bits per heavy atom. The lowest BCUT2D eigenvalue weighted by Crippen LogP contribution is -2.48. The van der Waals surface area contributed by atoms with E-state index < -0.39 is 0 Å². The SMILES string of the molecule is CCN(CC1CCN(C2CCN(C)CC2)CC1)C(=O)C=Cc1ccncc1. The van der Waals surface area contributed by atoms with E-state index in [9.17, 15) is 4.79 Å². The third-order valence-electron chi connectivity index (χ3n) is 6.15. The summed E-state index contributed by atoms with van der Waals surface area (Å²) in [6.07, 6.45) is 12.1. The number of hydrogen-bond donors (Lipinski definition) is 0. The van der Waals surface area contributed by atoms with E-state index in [-0.39, 0.29) is 5.91 Å². The van der Waals surface area contributed by atoms with E-state index in [4.69, 9.17) is 0 Å². The van der Waals surface area contributed by atoms with Gasteiger partial charge < -0.3 is 14.7 Å². The van der Waals surface area contributed by atoms with Crippen molar-refractivity contribution in [3.63, 3.8) is 0 Å². The van der Waals surface area contributed by atoms with Crippen LogP contribution in [0.4, 0.5) is 0 Å². The zero-order chi connectivity index (χ0) is 19.1. The fraction of sp³-hybridized carbons (Fsp3) is 0.636. The summed E-state index contributed by atoms with van der Waals surface area (Å²) in [6.45, 7) is 8.58. The van der Waals surface area contributed by atoms with Crippen molar-refractivity contribution < 1.29 is 4.79 Å². The van der Waals surface area contributed by atoms with Crippen LogP contribution in [0, 0.1) is 5.92 Å². The van der Waals surface area contributed by atoms with Crippen molar-refractivity contribution in [1.82, 2.24) is 19.7 Å². The van der Waals surface area contributed by atoms with Crippen LogP contribution < -0.4 is 0 Å². The Morgan fingerprint density at radius 1 is 1.15 bits per heavy atom. The first-order chi connectivity index (χ1) is 13.2. The van der Waals surface area contributed by atoms with Crippen LogP contribution in [0.2, 0.25) is 0 Å². The molecule has 2 saturated heterocycles. The minimum absolute atomic E-state index is 0.118. The van der Waals surface area contributed by atoms with Crippen LogP contribution in [-0.2, 0) is 4.79 Å². The average molecular weight is 371 g/mol. The number of piperidine rings is 2. The molecular weight excluding hydrogens is 336 g/mol. The molecule has 0 radical (unpaired) electrons. The maximum absolute atomic E-state index is 12.6. The molecule has 1 amide bonds. The molecule has 5 heteroatoms. The van der Waals surface area contributed by atoms with Gasteiger partial charge in [0, 0.05) is 37.6 Å². The second-order valence-corrected chi connectivity index (χ2v) is 8.00. The fourth-order valence-electron chi connectivity index (χ4n) is 4.29. The number of carbonyl (C=O) groups is 1. The summed E-state index contributed by atoms with van der Waals surface area (Å²) >= 11 is 0. The van der Waals surface area contributed by atoms with E-state index in [1.165, 1.54) is 51.9 Å². The Kier molecular flexibility index (Phi) is 7.41. The van der Waals surface area contributed by atoms with Crippen LogP contribution in [0.3, 0.4) is 0 Å². The van der Waals surface area contributed by atoms with Gasteiger partial charge in [0.25, 0.3) is 0 Å². The topological polar surface area (TPSA) is 39.7 Å². The normalized spacial score (nSPS) is 21.0. The molecule has 2 aliphatic heterocycles. The van der Waals surface area contributed by atoms with Gasteiger partial charge in [0.05, 0.1) is 0 Å². The molecular formula is C22H34N4O. The number of pyridine rings is 1. The Balaban J connectivity index is 1.45. The van der Waals surface area contributed by atoms with Gasteiger partial charge in [0.1, 0.15) is 0 Å². The zero-order valence-corrected chi connectivity index (χ0v) is 16.9. The second-order valence-electron chi connectivity index (χ2n) is 8.00. The highest BCUT2D eigenvalue weighted by Gasteiger charge is 2.28. The molecule has 0 aliphatic carbocycles. The summed E-state index contributed by atoms with van der Waals surface area (Å²) in [5.41, 5.74) is 1.01. The minimum Gasteiger partial charge on any atom is -0.339 e. The van der Waals surface area contributed by atoms with Crippen molar-refractivity contribution in [3.8, 4) is 0 Å². The summed E-state index contributed by atoms with van der Waals surface area (Å²) in [6, 6.07) is 4.60. The number of amides is 1. The van der Waals surface area contributed by atoms with Crippen molar-refractivity contribution in [1.29, 1.82) is 0 Å². The highest BCUT2D eigenvalue weighted by molar-refractivity contribution is 5.91. The van der Waals surface area contributed by atoms with Crippen molar-refractivity contribution in [3.05, 3.63) is 36.2 Å². The number of likely N-dealkylation sites (N-methyl/N-ethyl adjacent to an activating group) is 1. The first kappa shape index (κ1) is 20.0. The van der Waals surface area contributed by atoms with E-state index >= 15 is 0 Å². The molecule has 2 fully saturated rings. The van der Waals surface area contributed by atoms with E-state index in [1.807, 2.05) is 23.1 Å². The molecule has 0 unspecified atom stereocenters. The third-order valence-corrected chi connectivity index (χ3v) is 6.15. The second kappa shape index (κ2) is 10.00. The third kappa shape index (κ3) is 5.88. The van der Waals surface area contributed by atoms with E-state index in [0.717, 1.165) is 24.7 Å². The summed E-state index contributed by atoms with van der Waals surface area (Å²) in [7, 11) is 2.22. The molecule has 148 valence electrons. The highest BCUT2D eigenvalue weighted by atomic mass is 16.2. The molecule has 5 nitrogen and oxygen atoms in total. The molecule has 0 spiro atoms. The number of likely N-dealkylation sites (tertiary alicyclic amines) is 2. The first-order valence-corrected chi connectivity index (χ1v) is 10.4. The van der Waals surface area contributed by atoms with Crippen molar-refractivity contribution in [2.45, 2.75) is 38.6 Å². The van der Waals surface area contributed by atoms with Gasteiger partial charge in [-0.3, -0.25) is 9.78 Å². The van der Waals surface area contributed by atoms with Crippen molar-refractivity contribution in [2.75, 3.05) is 46.3 Å². The zero-order valence-electron chi connectivity index (χ0n) is 16.9. The number of rotatable bonds is 6. The number of aromatic nitrogens is 1. The smallest absolute Gasteiger partial charge is 0.246 e. The number of carbonyl (C=O) groups excluding carboxylic acids is 1. The maximum atomic E-state index is 12.6. The predicted molar refractivity (Wildman–Crippen MR) is 110 cm³/mol. The van der Waals surface area contributed by atoms with Gasteiger partial charge in [-0.1, -0.05) is 0 Å². The standard InChI is InChI=1S/C22H34N4O/c1-3-25(22(27)5-4-19-6-12-23-13-7-19)18-20-8-16-26(17-9-20)21-10-14-24(2)15-11-21/h4-7,12-13,20-21H,3,8-11,14-18H2,1-2H3. The van der Waals surface area contributed by atoms with Gasteiger partial charge in [-0.15, -0.1) is 0 Å². The van der Waals surface area contributed by atoms with Crippen molar-refractivity contribution >= 4 is 12.0 Å². The van der Waals surface area contributed by atoms with Crippen LogP contribution in [0.25, 0.3) is 6.08 Å². The Bertz CT molecular complexity index is 602. The monoisotopic (exact) mass is 370 g/mol. The van der Waals surface area contributed by atoms with E-state index in [1.54, 1.807) is 18.5 Å². The van der Waals surface area contributed by atoms with Crippen LogP contribution in [0.1, 0.15) is 38.2 Å². The molecule has 1 aromatic rings. The van der Waals surface area contributed by atoms with Gasteiger partial charge in [-0.2, -0.15) is 0 Å². The molecule has 0 saturated carbocycles.